The van der Waals surface area contributed by atoms with E-state index in [2.05, 4.69) is 9.71 Å². The first-order chi connectivity index (χ1) is 11.4. The second-order valence-electron chi connectivity index (χ2n) is 5.20. The van der Waals surface area contributed by atoms with Gasteiger partial charge in [-0.1, -0.05) is 24.3 Å². The number of hydrogen-bond donors (Lipinski definition) is 3. The number of pyridine rings is 1. The van der Waals surface area contributed by atoms with E-state index in [4.69, 9.17) is 11.5 Å². The minimum absolute atomic E-state index is 0.151. The maximum absolute atomic E-state index is 12.4. The molecule has 0 unspecified atom stereocenters. The summed E-state index contributed by atoms with van der Waals surface area (Å²) in [5.41, 5.74) is 13.7. The normalized spacial score (nSPS) is 11.2. The molecule has 0 aliphatic carbocycles. The molecule has 0 saturated carbocycles. The number of hydrogen-bond acceptors (Lipinski definition) is 5. The quantitative estimate of drug-likeness (QED) is 0.632. The van der Waals surface area contributed by atoms with Crippen LogP contribution in [-0.2, 0) is 10.0 Å². The molecule has 0 fully saturated rings. The summed E-state index contributed by atoms with van der Waals surface area (Å²) in [4.78, 5) is 4.36. The Morgan fingerprint density at radius 2 is 1.58 bits per heavy atom. The number of aromatic nitrogens is 1. The van der Waals surface area contributed by atoms with Crippen molar-refractivity contribution in [2.24, 2.45) is 0 Å². The average molecular weight is 340 g/mol. The second-order valence-corrected chi connectivity index (χ2v) is 6.89. The third-order valence-corrected chi connectivity index (χ3v) is 4.77. The van der Waals surface area contributed by atoms with Crippen LogP contribution in [0.3, 0.4) is 0 Å². The number of benzene rings is 2. The number of nitrogens with two attached hydrogens (primary N) is 2. The van der Waals surface area contributed by atoms with Crippen molar-refractivity contribution in [3.63, 3.8) is 0 Å². The maximum Gasteiger partial charge on any atom is 0.261 e. The largest absolute Gasteiger partial charge is 0.399 e. The highest BCUT2D eigenvalue weighted by Crippen LogP contribution is 2.22. The first kappa shape index (κ1) is 15.8. The highest BCUT2D eigenvalue weighted by Gasteiger charge is 2.14. The summed E-state index contributed by atoms with van der Waals surface area (Å²) in [7, 11) is -3.69. The molecule has 24 heavy (non-hydrogen) atoms. The molecule has 0 atom stereocenters. The van der Waals surface area contributed by atoms with E-state index in [-0.39, 0.29) is 4.90 Å². The predicted molar refractivity (Wildman–Crippen MR) is 95.7 cm³/mol. The number of rotatable bonds is 4. The summed E-state index contributed by atoms with van der Waals surface area (Å²) in [5, 5.41) is 0. The molecule has 122 valence electrons. The van der Waals surface area contributed by atoms with Crippen LogP contribution in [0.25, 0.3) is 11.3 Å². The van der Waals surface area contributed by atoms with Crippen molar-refractivity contribution in [3.05, 3.63) is 66.7 Å². The van der Waals surface area contributed by atoms with Crippen LogP contribution in [0.5, 0.6) is 0 Å². The van der Waals surface area contributed by atoms with Crippen LogP contribution < -0.4 is 16.2 Å². The van der Waals surface area contributed by atoms with Gasteiger partial charge in [0.2, 0.25) is 0 Å². The van der Waals surface area contributed by atoms with Gasteiger partial charge in [0.1, 0.15) is 5.82 Å². The van der Waals surface area contributed by atoms with E-state index in [1.54, 1.807) is 48.5 Å². The van der Waals surface area contributed by atoms with Crippen molar-refractivity contribution >= 4 is 27.2 Å². The lowest BCUT2D eigenvalue weighted by Gasteiger charge is -2.09. The van der Waals surface area contributed by atoms with E-state index in [9.17, 15) is 8.42 Å². The minimum Gasteiger partial charge on any atom is -0.399 e. The Morgan fingerprint density at radius 1 is 0.875 bits per heavy atom. The van der Waals surface area contributed by atoms with Gasteiger partial charge in [0.05, 0.1) is 16.3 Å². The van der Waals surface area contributed by atoms with E-state index >= 15 is 0 Å². The lowest BCUT2D eigenvalue weighted by molar-refractivity contribution is 0.601. The Balaban J connectivity index is 1.87. The van der Waals surface area contributed by atoms with Gasteiger partial charge in [-0.15, -0.1) is 0 Å². The fourth-order valence-electron chi connectivity index (χ4n) is 2.23. The summed E-state index contributed by atoms with van der Waals surface area (Å²) in [6, 6.07) is 18.3. The Morgan fingerprint density at radius 3 is 2.25 bits per heavy atom. The highest BCUT2D eigenvalue weighted by atomic mass is 32.2. The second kappa shape index (κ2) is 6.21. The van der Waals surface area contributed by atoms with Gasteiger partial charge in [-0.05, 0) is 42.5 Å². The van der Waals surface area contributed by atoms with Crippen LogP contribution >= 0.6 is 0 Å². The molecule has 6 nitrogen and oxygen atoms in total. The number of nitrogens with one attached hydrogen (secondary N) is 1. The van der Waals surface area contributed by atoms with Crippen LogP contribution in [-0.4, -0.2) is 13.4 Å². The summed E-state index contributed by atoms with van der Waals surface area (Å²) in [5.74, 6) is 0.410. The predicted octanol–water partition coefficient (Wildman–Crippen LogP) is 2.71. The fourth-order valence-corrected chi connectivity index (χ4v) is 3.28. The number of sulfonamides is 1. The van der Waals surface area contributed by atoms with Crippen molar-refractivity contribution in [1.29, 1.82) is 0 Å². The molecule has 5 N–H and O–H groups in total. The van der Waals surface area contributed by atoms with Crippen LogP contribution in [0.15, 0.2) is 71.6 Å². The zero-order chi connectivity index (χ0) is 17.2. The van der Waals surface area contributed by atoms with E-state index < -0.39 is 10.0 Å². The molecule has 2 aromatic carbocycles. The van der Waals surface area contributed by atoms with Crippen molar-refractivity contribution in [2.45, 2.75) is 4.90 Å². The van der Waals surface area contributed by atoms with Crippen LogP contribution in [0, 0.1) is 0 Å². The van der Waals surface area contributed by atoms with Gasteiger partial charge < -0.3 is 11.5 Å². The summed E-state index contributed by atoms with van der Waals surface area (Å²) in [6.07, 6.45) is 0. The molecule has 0 aliphatic rings. The van der Waals surface area contributed by atoms with Gasteiger partial charge in [0, 0.05) is 11.3 Å². The zero-order valence-corrected chi connectivity index (χ0v) is 13.5. The SMILES string of the molecule is Nc1cccc(NS(=O)(=O)c2ccc(-c3cccc(N)n3)cc2)c1. The Bertz CT molecular complexity index is 970. The lowest BCUT2D eigenvalue weighted by atomic mass is 10.1. The van der Waals surface area contributed by atoms with Gasteiger partial charge in [-0.2, -0.15) is 0 Å². The summed E-state index contributed by atoms with van der Waals surface area (Å²) < 4.78 is 27.4. The lowest BCUT2D eigenvalue weighted by Crippen LogP contribution is -2.13. The molecule has 3 aromatic rings. The van der Waals surface area contributed by atoms with Crippen LogP contribution in [0.2, 0.25) is 0 Å². The number of anilines is 3. The van der Waals surface area contributed by atoms with Crippen molar-refractivity contribution in [3.8, 4) is 11.3 Å². The Hall–Kier alpha value is -3.06. The first-order valence-electron chi connectivity index (χ1n) is 7.15. The third kappa shape index (κ3) is 3.47. The molecule has 0 amide bonds. The molecule has 7 heteroatoms. The number of nitrogen functional groups attached to an aromatic ring is 2. The van der Waals surface area contributed by atoms with E-state index in [1.165, 1.54) is 12.1 Å². The Labute approximate surface area is 140 Å². The number of nitrogens with zero attached hydrogens (tertiary/aromatic N) is 1. The van der Waals surface area contributed by atoms with Gasteiger partial charge >= 0.3 is 0 Å². The molecule has 1 heterocycles. The average Bonchev–Trinajstić information content (AvgIpc) is 2.54. The smallest absolute Gasteiger partial charge is 0.261 e. The summed E-state index contributed by atoms with van der Waals surface area (Å²) in [6.45, 7) is 0. The zero-order valence-electron chi connectivity index (χ0n) is 12.7. The van der Waals surface area contributed by atoms with Crippen molar-refractivity contribution in [1.82, 2.24) is 4.98 Å². The molecule has 0 spiro atoms. The summed E-state index contributed by atoms with van der Waals surface area (Å²) >= 11 is 0. The molecule has 0 bridgehead atoms. The van der Waals surface area contributed by atoms with Gasteiger partial charge in [-0.25, -0.2) is 13.4 Å². The van der Waals surface area contributed by atoms with Gasteiger partial charge in [-0.3, -0.25) is 4.72 Å². The highest BCUT2D eigenvalue weighted by molar-refractivity contribution is 7.92. The van der Waals surface area contributed by atoms with Gasteiger partial charge in [0.15, 0.2) is 0 Å². The third-order valence-electron chi connectivity index (χ3n) is 3.37. The molecule has 3 rings (SSSR count). The Kier molecular flexibility index (Phi) is 4.09. The fraction of sp³-hybridized carbons (Fsp3) is 0. The maximum atomic E-state index is 12.4. The topological polar surface area (TPSA) is 111 Å². The standard InChI is InChI=1S/C17H16N4O2S/c18-13-3-1-4-14(11-13)21-24(22,23)15-9-7-12(8-10-15)16-5-2-6-17(19)20-16/h1-11,21H,18H2,(H2,19,20). The van der Waals surface area contributed by atoms with Crippen molar-refractivity contribution in [2.75, 3.05) is 16.2 Å². The van der Waals surface area contributed by atoms with E-state index in [0.29, 0.717) is 22.9 Å². The van der Waals surface area contributed by atoms with E-state index in [0.717, 1.165) is 5.56 Å². The molecular weight excluding hydrogens is 324 g/mol. The van der Waals surface area contributed by atoms with Crippen LogP contribution in [0.1, 0.15) is 0 Å². The monoisotopic (exact) mass is 340 g/mol. The molecular formula is C17H16N4O2S. The minimum atomic E-state index is -3.69. The molecule has 0 radical (unpaired) electrons. The van der Waals surface area contributed by atoms with Crippen LogP contribution in [0.4, 0.5) is 17.2 Å². The molecule has 0 saturated heterocycles. The molecule has 0 aliphatic heterocycles. The first-order valence-corrected chi connectivity index (χ1v) is 8.64. The van der Waals surface area contributed by atoms with Crippen molar-refractivity contribution < 1.29 is 8.42 Å². The molecule has 1 aromatic heterocycles. The van der Waals surface area contributed by atoms with Gasteiger partial charge in [0.25, 0.3) is 10.0 Å². The van der Waals surface area contributed by atoms with E-state index in [1.807, 2.05) is 6.07 Å².